The van der Waals surface area contributed by atoms with Gasteiger partial charge in [0.2, 0.25) is 0 Å². The van der Waals surface area contributed by atoms with Gasteiger partial charge in [-0.25, -0.2) is 9.97 Å². The lowest BCUT2D eigenvalue weighted by Gasteiger charge is -2.31. The lowest BCUT2D eigenvalue weighted by molar-refractivity contribution is 0.204. The summed E-state index contributed by atoms with van der Waals surface area (Å²) in [4.78, 5) is 14.7. The average molecular weight is 415 g/mol. The monoisotopic (exact) mass is 414 g/mol. The van der Waals surface area contributed by atoms with Crippen LogP contribution < -0.4 is 5.32 Å². The second-order valence-corrected chi connectivity index (χ2v) is 8.51. The molecule has 0 amide bonds. The van der Waals surface area contributed by atoms with Crippen molar-refractivity contribution in [2.45, 2.75) is 25.3 Å². The molecular formula is C23H22N6S. The topological polar surface area (TPSA) is 80.6 Å². The number of nitrogens with one attached hydrogen (secondary N) is 2. The van der Waals surface area contributed by atoms with E-state index in [0.717, 1.165) is 43.3 Å². The minimum absolute atomic E-state index is 0.417. The summed E-state index contributed by atoms with van der Waals surface area (Å²) in [5.41, 5.74) is 5.05. The molecule has 1 aliphatic heterocycles. The molecule has 150 valence electrons. The van der Waals surface area contributed by atoms with Gasteiger partial charge in [0, 0.05) is 34.9 Å². The molecule has 1 saturated heterocycles. The van der Waals surface area contributed by atoms with Gasteiger partial charge in [0.25, 0.3) is 0 Å². The first kappa shape index (κ1) is 18.8. The molecule has 0 unspecified atom stereocenters. The van der Waals surface area contributed by atoms with Crippen LogP contribution in [0.1, 0.15) is 35.7 Å². The second-order valence-electron chi connectivity index (χ2n) is 7.65. The number of hydrogen-bond acceptors (Lipinski definition) is 6. The summed E-state index contributed by atoms with van der Waals surface area (Å²) >= 11 is 1.62. The van der Waals surface area contributed by atoms with Crippen LogP contribution in [0.5, 0.6) is 0 Å². The van der Waals surface area contributed by atoms with Crippen LogP contribution in [0.4, 0.5) is 10.8 Å². The van der Waals surface area contributed by atoms with Crippen molar-refractivity contribution in [1.82, 2.24) is 19.9 Å². The van der Waals surface area contributed by atoms with Gasteiger partial charge in [-0.15, -0.1) is 11.3 Å². The summed E-state index contributed by atoms with van der Waals surface area (Å²) in [5.74, 6) is 0.509. The van der Waals surface area contributed by atoms with Gasteiger partial charge < -0.3 is 10.3 Å². The number of rotatable bonds is 5. The van der Waals surface area contributed by atoms with Crippen molar-refractivity contribution in [3.05, 3.63) is 71.1 Å². The van der Waals surface area contributed by atoms with E-state index in [2.05, 4.69) is 49.8 Å². The maximum atomic E-state index is 8.86. The molecule has 1 aromatic carbocycles. The third-order valence-electron chi connectivity index (χ3n) is 5.74. The maximum Gasteiger partial charge on any atom is 0.187 e. The number of H-pyrrole nitrogens is 1. The highest BCUT2D eigenvalue weighted by Gasteiger charge is 2.23. The SMILES string of the molecule is N#Cc1ccc(Nc2nc(C3CCN(Cc4cccc5[nH]ccc45)CC3)cs2)cn1. The molecule has 0 atom stereocenters. The molecule has 6 nitrogen and oxygen atoms in total. The van der Waals surface area contributed by atoms with E-state index < -0.39 is 0 Å². The van der Waals surface area contributed by atoms with Crippen LogP contribution in [0, 0.1) is 11.3 Å². The molecule has 0 saturated carbocycles. The van der Waals surface area contributed by atoms with Crippen LogP contribution in [0.3, 0.4) is 0 Å². The van der Waals surface area contributed by atoms with E-state index >= 15 is 0 Å². The zero-order valence-corrected chi connectivity index (χ0v) is 17.3. The molecule has 3 aromatic heterocycles. The van der Waals surface area contributed by atoms with Crippen molar-refractivity contribution in [3.63, 3.8) is 0 Å². The average Bonchev–Trinajstić information content (AvgIpc) is 3.45. The number of anilines is 2. The van der Waals surface area contributed by atoms with Crippen molar-refractivity contribution in [2.24, 2.45) is 0 Å². The third-order valence-corrected chi connectivity index (χ3v) is 6.51. The largest absolute Gasteiger partial charge is 0.361 e. The Kier molecular flexibility index (Phi) is 5.18. The molecule has 0 bridgehead atoms. The van der Waals surface area contributed by atoms with Crippen LogP contribution in [0.25, 0.3) is 10.9 Å². The van der Waals surface area contributed by atoms with Gasteiger partial charge in [0.1, 0.15) is 11.8 Å². The predicted octanol–water partition coefficient (Wildman–Crippen LogP) is 5.01. The molecule has 2 N–H and O–H groups in total. The normalized spacial score (nSPS) is 15.3. The number of thiazole rings is 1. The summed E-state index contributed by atoms with van der Waals surface area (Å²) < 4.78 is 0. The Hall–Kier alpha value is -3.21. The van der Waals surface area contributed by atoms with E-state index in [1.54, 1.807) is 23.6 Å². The van der Waals surface area contributed by atoms with Crippen LogP contribution in [0.2, 0.25) is 0 Å². The van der Waals surface area contributed by atoms with Crippen molar-refractivity contribution < 1.29 is 0 Å². The Bertz CT molecular complexity index is 1180. The van der Waals surface area contributed by atoms with E-state index in [4.69, 9.17) is 10.2 Å². The van der Waals surface area contributed by atoms with Crippen LogP contribution >= 0.6 is 11.3 Å². The van der Waals surface area contributed by atoms with Gasteiger partial charge in [0.15, 0.2) is 5.13 Å². The Morgan fingerprint density at radius 1 is 1.20 bits per heavy atom. The lowest BCUT2D eigenvalue weighted by atomic mass is 9.94. The highest BCUT2D eigenvalue weighted by atomic mass is 32.1. The number of pyridine rings is 1. The summed E-state index contributed by atoms with van der Waals surface area (Å²) in [5, 5.41) is 16.5. The summed E-state index contributed by atoms with van der Waals surface area (Å²) in [6.07, 6.45) is 5.95. The van der Waals surface area contributed by atoms with Crippen LogP contribution in [0.15, 0.2) is 54.2 Å². The predicted molar refractivity (Wildman–Crippen MR) is 120 cm³/mol. The second kappa shape index (κ2) is 8.27. The van der Waals surface area contributed by atoms with E-state index in [1.165, 1.54) is 22.2 Å². The van der Waals surface area contributed by atoms with Gasteiger partial charge in [-0.05, 0) is 55.8 Å². The van der Waals surface area contributed by atoms with Gasteiger partial charge in [-0.1, -0.05) is 12.1 Å². The smallest absolute Gasteiger partial charge is 0.187 e. The number of piperidine rings is 1. The molecule has 7 heteroatoms. The summed E-state index contributed by atoms with van der Waals surface area (Å²) in [7, 11) is 0. The molecule has 1 aliphatic rings. The fourth-order valence-corrected chi connectivity index (χ4v) is 4.92. The lowest BCUT2D eigenvalue weighted by Crippen LogP contribution is -2.32. The molecule has 4 heterocycles. The zero-order chi connectivity index (χ0) is 20.3. The van der Waals surface area contributed by atoms with Crippen molar-refractivity contribution in [3.8, 4) is 6.07 Å². The highest BCUT2D eigenvalue weighted by Crippen LogP contribution is 2.32. The third kappa shape index (κ3) is 3.92. The van der Waals surface area contributed by atoms with Crippen molar-refractivity contribution >= 4 is 33.1 Å². The Labute approximate surface area is 179 Å². The molecule has 0 spiro atoms. The van der Waals surface area contributed by atoms with Crippen molar-refractivity contribution in [2.75, 3.05) is 18.4 Å². The number of fused-ring (bicyclic) bond motifs is 1. The van der Waals surface area contributed by atoms with E-state index in [0.29, 0.717) is 11.6 Å². The standard InChI is InChI=1S/C23H22N6S/c24-12-18-4-5-19(13-26-18)27-23-28-22(15-30-23)16-7-10-29(11-8-16)14-17-2-1-3-21-20(17)6-9-25-21/h1-6,9,13,15-16,25H,7-8,10-11,14H2,(H,27,28). The summed E-state index contributed by atoms with van der Waals surface area (Å²) in [6.45, 7) is 3.17. The number of nitrogens with zero attached hydrogens (tertiary/aromatic N) is 4. The molecule has 30 heavy (non-hydrogen) atoms. The number of aromatic nitrogens is 3. The van der Waals surface area contributed by atoms with Gasteiger partial charge in [0.05, 0.1) is 17.6 Å². The fourth-order valence-electron chi connectivity index (χ4n) is 4.10. The van der Waals surface area contributed by atoms with Gasteiger partial charge >= 0.3 is 0 Å². The van der Waals surface area contributed by atoms with E-state index in [9.17, 15) is 0 Å². The molecule has 0 radical (unpaired) electrons. The Balaban J connectivity index is 1.19. The minimum Gasteiger partial charge on any atom is -0.361 e. The van der Waals surface area contributed by atoms with Crippen molar-refractivity contribution in [1.29, 1.82) is 5.26 Å². The Morgan fingerprint density at radius 2 is 2.10 bits per heavy atom. The molecule has 0 aliphatic carbocycles. The van der Waals surface area contributed by atoms with Crippen LogP contribution in [-0.4, -0.2) is 32.9 Å². The first-order chi connectivity index (χ1) is 14.8. The first-order valence-electron chi connectivity index (χ1n) is 10.1. The van der Waals surface area contributed by atoms with E-state index in [-0.39, 0.29) is 0 Å². The number of hydrogen-bond donors (Lipinski definition) is 2. The summed E-state index contributed by atoms with van der Waals surface area (Å²) in [6, 6.07) is 14.3. The zero-order valence-electron chi connectivity index (χ0n) is 16.5. The molecule has 5 rings (SSSR count). The molecular weight excluding hydrogens is 392 g/mol. The number of benzene rings is 1. The first-order valence-corrected chi connectivity index (χ1v) is 11.0. The number of nitriles is 1. The quantitative estimate of drug-likeness (QED) is 0.480. The Morgan fingerprint density at radius 3 is 2.90 bits per heavy atom. The number of likely N-dealkylation sites (tertiary alicyclic amines) is 1. The fraction of sp³-hybridized carbons (Fsp3) is 0.261. The van der Waals surface area contributed by atoms with E-state index in [1.807, 2.05) is 18.3 Å². The highest BCUT2D eigenvalue weighted by molar-refractivity contribution is 7.13. The molecule has 1 fully saturated rings. The maximum absolute atomic E-state index is 8.86. The van der Waals surface area contributed by atoms with Gasteiger partial charge in [-0.2, -0.15) is 5.26 Å². The van der Waals surface area contributed by atoms with Gasteiger partial charge in [-0.3, -0.25) is 4.90 Å². The van der Waals surface area contributed by atoms with Crippen LogP contribution in [-0.2, 0) is 6.54 Å². The number of aromatic amines is 1. The molecule has 4 aromatic rings. The minimum atomic E-state index is 0.417.